The summed E-state index contributed by atoms with van der Waals surface area (Å²) in [6.07, 6.45) is 0. The molecule has 0 bridgehead atoms. The lowest BCUT2D eigenvalue weighted by atomic mass is 10.2. The molecule has 4 aromatic rings. The lowest BCUT2D eigenvalue weighted by molar-refractivity contribution is 0.252. The van der Waals surface area contributed by atoms with Crippen LogP contribution in [0.15, 0.2) is 52.1 Å². The normalized spacial score (nSPS) is 11.2. The van der Waals surface area contributed by atoms with Crippen molar-refractivity contribution in [2.45, 2.75) is 38.0 Å². The maximum absolute atomic E-state index is 14.0. The zero-order valence-electron chi connectivity index (χ0n) is 15.6. The van der Waals surface area contributed by atoms with Gasteiger partial charge in [-0.05, 0) is 43.7 Å². The van der Waals surface area contributed by atoms with Crippen molar-refractivity contribution in [1.29, 1.82) is 0 Å². The quantitative estimate of drug-likeness (QED) is 0.418. The van der Waals surface area contributed by atoms with Gasteiger partial charge in [-0.1, -0.05) is 30.0 Å². The highest BCUT2D eigenvalue weighted by molar-refractivity contribution is 7.98. The molecule has 0 aliphatic rings. The van der Waals surface area contributed by atoms with Gasteiger partial charge in [-0.25, -0.2) is 9.37 Å². The third-order valence-electron chi connectivity index (χ3n) is 4.25. The summed E-state index contributed by atoms with van der Waals surface area (Å²) in [5, 5.41) is 8.49. The van der Waals surface area contributed by atoms with Gasteiger partial charge in [0.05, 0.1) is 11.3 Å². The van der Waals surface area contributed by atoms with Crippen molar-refractivity contribution in [2.75, 3.05) is 0 Å². The zero-order chi connectivity index (χ0) is 19.5. The van der Waals surface area contributed by atoms with Crippen LogP contribution in [0.25, 0.3) is 11.0 Å². The minimum atomic E-state index is -0.315. The van der Waals surface area contributed by atoms with Gasteiger partial charge in [0.2, 0.25) is 0 Å². The zero-order valence-corrected chi connectivity index (χ0v) is 16.4. The van der Waals surface area contributed by atoms with Crippen LogP contribution < -0.4 is 4.74 Å². The minimum Gasteiger partial charge on any atom is -0.484 e. The summed E-state index contributed by atoms with van der Waals surface area (Å²) in [4.78, 5) is 4.44. The number of hydrogen-bond donors (Lipinski definition) is 0. The van der Waals surface area contributed by atoms with Gasteiger partial charge in [0.25, 0.3) is 11.1 Å². The molecule has 28 heavy (non-hydrogen) atoms. The van der Waals surface area contributed by atoms with E-state index >= 15 is 0 Å². The molecule has 2 aromatic carbocycles. The van der Waals surface area contributed by atoms with E-state index in [4.69, 9.17) is 9.15 Å². The molecule has 0 saturated heterocycles. The predicted octanol–water partition coefficient (Wildman–Crippen LogP) is 4.76. The standard InChI is InChI=1S/C20H19FN4O2S/c1-3-25-16-9-5-8-15(21)19(16)22-17(25)12-28-20-24-23-18(27-20)11-26-14-7-4-6-13(2)10-14/h4-10H,3,11-12H2,1-2H3. The molecule has 0 saturated carbocycles. The third kappa shape index (κ3) is 3.87. The molecule has 0 spiro atoms. The Morgan fingerprint density at radius 1 is 1.18 bits per heavy atom. The molecular weight excluding hydrogens is 379 g/mol. The van der Waals surface area contributed by atoms with Crippen molar-refractivity contribution in [2.24, 2.45) is 0 Å². The summed E-state index contributed by atoms with van der Waals surface area (Å²) in [6.45, 7) is 4.92. The number of rotatable bonds is 7. The highest BCUT2D eigenvalue weighted by Gasteiger charge is 2.15. The van der Waals surface area contributed by atoms with Crippen LogP contribution in [0, 0.1) is 12.7 Å². The molecule has 0 amide bonds. The van der Waals surface area contributed by atoms with E-state index in [1.165, 1.54) is 17.8 Å². The number of thioether (sulfide) groups is 1. The van der Waals surface area contributed by atoms with Crippen LogP contribution in [0.1, 0.15) is 24.2 Å². The van der Waals surface area contributed by atoms with Crippen molar-refractivity contribution in [3.8, 4) is 5.75 Å². The van der Waals surface area contributed by atoms with Crippen LogP contribution >= 0.6 is 11.8 Å². The molecule has 0 aliphatic carbocycles. The maximum Gasteiger partial charge on any atom is 0.277 e. The molecule has 2 aromatic heterocycles. The van der Waals surface area contributed by atoms with E-state index in [-0.39, 0.29) is 12.4 Å². The Bertz CT molecular complexity index is 1110. The summed E-state index contributed by atoms with van der Waals surface area (Å²) < 4.78 is 27.3. The van der Waals surface area contributed by atoms with Gasteiger partial charge in [-0.15, -0.1) is 10.2 Å². The molecule has 0 unspecified atom stereocenters. The number of imidazole rings is 1. The predicted molar refractivity (Wildman–Crippen MR) is 105 cm³/mol. The molecule has 8 heteroatoms. The largest absolute Gasteiger partial charge is 0.484 e. The van der Waals surface area contributed by atoms with Gasteiger partial charge in [0.15, 0.2) is 12.4 Å². The number of aryl methyl sites for hydroxylation is 2. The van der Waals surface area contributed by atoms with Crippen LogP contribution in [0.2, 0.25) is 0 Å². The summed E-state index contributed by atoms with van der Waals surface area (Å²) in [7, 11) is 0. The highest BCUT2D eigenvalue weighted by Crippen LogP contribution is 2.25. The summed E-state index contributed by atoms with van der Waals surface area (Å²) in [5.74, 6) is 2.11. The average Bonchev–Trinajstić information content (AvgIpc) is 3.29. The van der Waals surface area contributed by atoms with Gasteiger partial charge in [0, 0.05) is 6.54 Å². The number of benzene rings is 2. The van der Waals surface area contributed by atoms with E-state index in [0.29, 0.717) is 28.9 Å². The Morgan fingerprint density at radius 3 is 2.86 bits per heavy atom. The smallest absolute Gasteiger partial charge is 0.277 e. The van der Waals surface area contributed by atoms with E-state index in [9.17, 15) is 4.39 Å². The van der Waals surface area contributed by atoms with Gasteiger partial charge in [-0.2, -0.15) is 0 Å². The third-order valence-corrected chi connectivity index (χ3v) is 5.06. The average molecular weight is 398 g/mol. The second-order valence-electron chi connectivity index (χ2n) is 6.24. The number of hydrogen-bond acceptors (Lipinski definition) is 6. The van der Waals surface area contributed by atoms with Gasteiger partial charge >= 0.3 is 0 Å². The van der Waals surface area contributed by atoms with Gasteiger partial charge in [-0.3, -0.25) is 0 Å². The van der Waals surface area contributed by atoms with E-state index in [0.717, 1.165) is 22.7 Å². The number of halogens is 1. The fraction of sp³-hybridized carbons (Fsp3) is 0.250. The van der Waals surface area contributed by atoms with Crippen molar-refractivity contribution in [3.05, 3.63) is 65.6 Å². The molecular formula is C20H19FN4O2S. The second-order valence-corrected chi connectivity index (χ2v) is 7.16. The Morgan fingerprint density at radius 2 is 2.04 bits per heavy atom. The topological polar surface area (TPSA) is 66.0 Å². The van der Waals surface area contributed by atoms with E-state index < -0.39 is 0 Å². The Hall–Kier alpha value is -2.87. The Balaban J connectivity index is 1.42. The summed E-state index contributed by atoms with van der Waals surface area (Å²) in [5.41, 5.74) is 2.29. The fourth-order valence-corrected chi connectivity index (χ4v) is 3.68. The first-order valence-corrected chi connectivity index (χ1v) is 9.91. The van der Waals surface area contributed by atoms with E-state index in [1.807, 2.05) is 48.7 Å². The van der Waals surface area contributed by atoms with Crippen LogP contribution in [0.4, 0.5) is 4.39 Å². The second kappa shape index (κ2) is 8.02. The van der Waals surface area contributed by atoms with Crippen LogP contribution in [0.3, 0.4) is 0 Å². The number of ether oxygens (including phenoxy) is 1. The molecule has 0 radical (unpaired) electrons. The first-order chi connectivity index (χ1) is 13.6. The molecule has 144 valence electrons. The van der Waals surface area contributed by atoms with Crippen LogP contribution in [-0.4, -0.2) is 19.7 Å². The summed E-state index contributed by atoms with van der Waals surface area (Å²) in [6, 6.07) is 12.8. The number of nitrogens with zero attached hydrogens (tertiary/aromatic N) is 4. The van der Waals surface area contributed by atoms with Crippen molar-refractivity contribution >= 4 is 22.8 Å². The molecule has 0 aliphatic heterocycles. The van der Waals surface area contributed by atoms with Gasteiger partial charge < -0.3 is 13.7 Å². The molecule has 6 nitrogen and oxygen atoms in total. The first-order valence-electron chi connectivity index (χ1n) is 8.92. The molecule has 0 fully saturated rings. The lowest BCUT2D eigenvalue weighted by Gasteiger charge is -2.04. The SMILES string of the molecule is CCn1c(CSc2nnc(COc3cccc(C)c3)o2)nc2c(F)cccc21. The van der Waals surface area contributed by atoms with Crippen molar-refractivity contribution in [3.63, 3.8) is 0 Å². The maximum atomic E-state index is 14.0. The first kappa shape index (κ1) is 18.5. The van der Waals surface area contributed by atoms with E-state index in [1.54, 1.807) is 6.07 Å². The van der Waals surface area contributed by atoms with Crippen molar-refractivity contribution in [1.82, 2.24) is 19.7 Å². The number of fused-ring (bicyclic) bond motifs is 1. The molecule has 4 rings (SSSR count). The lowest BCUT2D eigenvalue weighted by Crippen LogP contribution is -2.00. The monoisotopic (exact) mass is 398 g/mol. The van der Waals surface area contributed by atoms with Crippen LogP contribution in [0.5, 0.6) is 5.75 Å². The number of para-hydroxylation sites is 1. The highest BCUT2D eigenvalue weighted by atomic mass is 32.2. The van der Waals surface area contributed by atoms with Crippen LogP contribution in [-0.2, 0) is 18.9 Å². The molecule has 0 atom stereocenters. The van der Waals surface area contributed by atoms with E-state index in [2.05, 4.69) is 15.2 Å². The summed E-state index contributed by atoms with van der Waals surface area (Å²) >= 11 is 1.37. The molecule has 2 heterocycles. The Labute approximate surface area is 165 Å². The molecule has 0 N–H and O–H groups in total. The fourth-order valence-electron chi connectivity index (χ4n) is 2.96. The minimum absolute atomic E-state index is 0.204. The van der Waals surface area contributed by atoms with Gasteiger partial charge in [0.1, 0.15) is 17.1 Å². The Kier molecular flexibility index (Phi) is 5.29. The number of aromatic nitrogens is 4. The van der Waals surface area contributed by atoms with Crippen molar-refractivity contribution < 1.29 is 13.5 Å².